The summed E-state index contributed by atoms with van der Waals surface area (Å²) in [5.74, 6) is -2.82. The zero-order valence-corrected chi connectivity index (χ0v) is 17.5. The van der Waals surface area contributed by atoms with Crippen LogP contribution in [0.25, 0.3) is 0 Å². The van der Waals surface area contributed by atoms with Crippen LogP contribution in [0, 0.1) is 5.92 Å². The predicted octanol–water partition coefficient (Wildman–Crippen LogP) is 1.60. The second-order valence-corrected chi connectivity index (χ2v) is 7.25. The van der Waals surface area contributed by atoms with Gasteiger partial charge in [-0.25, -0.2) is 14.2 Å². The Morgan fingerprint density at radius 1 is 1.20 bits per heavy atom. The van der Waals surface area contributed by atoms with E-state index in [0.29, 0.717) is 5.01 Å². The highest BCUT2D eigenvalue weighted by molar-refractivity contribution is 6.29. The topological polar surface area (TPSA) is 131 Å². The van der Waals surface area contributed by atoms with E-state index < -0.39 is 35.5 Å². The van der Waals surface area contributed by atoms with Crippen LogP contribution in [-0.4, -0.2) is 47.0 Å². The number of ether oxygens (including phenoxy) is 1. The van der Waals surface area contributed by atoms with Crippen molar-refractivity contribution in [3.8, 4) is 0 Å². The Hall–Kier alpha value is -2.88. The monoisotopic (exact) mass is 444 g/mol. The molecule has 0 fully saturated rings. The summed E-state index contributed by atoms with van der Waals surface area (Å²) < 4.78 is 18.3. The van der Waals surface area contributed by atoms with E-state index in [0.717, 1.165) is 5.56 Å². The van der Waals surface area contributed by atoms with E-state index >= 15 is 0 Å². The molecule has 1 unspecified atom stereocenters. The molecule has 0 aliphatic heterocycles. The van der Waals surface area contributed by atoms with Gasteiger partial charge in [-0.2, -0.15) is 0 Å². The first-order valence-corrected chi connectivity index (χ1v) is 9.69. The molecule has 0 aromatic heterocycles. The smallest absolute Gasteiger partial charge is 0.408 e. The molecule has 0 heterocycles. The summed E-state index contributed by atoms with van der Waals surface area (Å²) in [4.78, 5) is 47.6. The van der Waals surface area contributed by atoms with Gasteiger partial charge in [-0.15, -0.1) is 0 Å². The fourth-order valence-corrected chi connectivity index (χ4v) is 2.50. The standard InChI is InChI=1S/C19H26ClFN4O5/c1-12(2)10-14(23-19(29)30-11-13-6-4-3-5-7-13)17(27)24-25(9-8-15(22)26)18(28)16(20)21/h3-7,12,14,16H,8-11H2,1-2H3,(H2,22,26)(H,23,29)(H,24,27)/t14?,16-/m0/s1. The fourth-order valence-electron chi connectivity index (χ4n) is 2.38. The Morgan fingerprint density at radius 2 is 1.83 bits per heavy atom. The number of hydrazine groups is 1. The third-order valence-electron chi connectivity index (χ3n) is 3.81. The van der Waals surface area contributed by atoms with E-state index in [9.17, 15) is 23.6 Å². The Morgan fingerprint density at radius 3 is 2.37 bits per heavy atom. The molecular formula is C19H26ClFN4O5. The molecule has 2 atom stereocenters. The normalized spacial score (nSPS) is 12.6. The van der Waals surface area contributed by atoms with Crippen molar-refractivity contribution in [2.75, 3.05) is 6.54 Å². The number of hydrogen-bond acceptors (Lipinski definition) is 5. The highest BCUT2D eigenvalue weighted by Gasteiger charge is 2.28. The summed E-state index contributed by atoms with van der Waals surface area (Å²) in [5, 5.41) is 2.99. The zero-order valence-electron chi connectivity index (χ0n) is 16.8. The van der Waals surface area contributed by atoms with Gasteiger partial charge in [0.15, 0.2) is 0 Å². The predicted molar refractivity (Wildman–Crippen MR) is 107 cm³/mol. The van der Waals surface area contributed by atoms with Crippen LogP contribution in [0.2, 0.25) is 0 Å². The number of nitrogens with two attached hydrogens (primary N) is 1. The second-order valence-electron chi connectivity index (χ2n) is 6.87. The maximum Gasteiger partial charge on any atom is 0.408 e. The summed E-state index contributed by atoms with van der Waals surface area (Å²) in [6, 6.07) is 7.86. The molecule has 1 aromatic carbocycles. The van der Waals surface area contributed by atoms with Crippen molar-refractivity contribution in [3.05, 3.63) is 35.9 Å². The number of halogens is 2. The number of alkyl carbamates (subject to hydrolysis) is 1. The minimum atomic E-state index is -2.43. The quantitative estimate of drug-likeness (QED) is 0.372. The largest absolute Gasteiger partial charge is 0.445 e. The Labute approximate surface area is 179 Å². The lowest BCUT2D eigenvalue weighted by molar-refractivity contribution is -0.144. The number of nitrogens with zero attached hydrogens (tertiary/aromatic N) is 1. The first-order valence-electron chi connectivity index (χ1n) is 9.25. The van der Waals surface area contributed by atoms with Crippen molar-refractivity contribution in [1.29, 1.82) is 0 Å². The molecule has 30 heavy (non-hydrogen) atoms. The van der Waals surface area contributed by atoms with Gasteiger partial charge in [-0.3, -0.25) is 19.8 Å². The highest BCUT2D eigenvalue weighted by atomic mass is 35.5. The van der Waals surface area contributed by atoms with Gasteiger partial charge in [0, 0.05) is 6.42 Å². The van der Waals surface area contributed by atoms with E-state index in [2.05, 4.69) is 10.7 Å². The number of carbonyl (C=O) groups excluding carboxylic acids is 4. The summed E-state index contributed by atoms with van der Waals surface area (Å²) in [7, 11) is 0. The van der Waals surface area contributed by atoms with Crippen LogP contribution in [0.3, 0.4) is 0 Å². The molecule has 4 amide bonds. The highest BCUT2D eigenvalue weighted by Crippen LogP contribution is 2.08. The molecule has 0 aliphatic carbocycles. The molecule has 1 rings (SSSR count). The van der Waals surface area contributed by atoms with Crippen LogP contribution in [0.1, 0.15) is 32.3 Å². The zero-order chi connectivity index (χ0) is 22.7. The average molecular weight is 445 g/mol. The number of nitrogens with one attached hydrogen (secondary N) is 2. The fraction of sp³-hybridized carbons (Fsp3) is 0.474. The van der Waals surface area contributed by atoms with Crippen LogP contribution >= 0.6 is 11.6 Å². The number of rotatable bonds is 10. The van der Waals surface area contributed by atoms with E-state index in [1.807, 2.05) is 19.9 Å². The summed E-state index contributed by atoms with van der Waals surface area (Å²) in [6.07, 6.45) is -0.948. The van der Waals surface area contributed by atoms with Crippen molar-refractivity contribution in [2.24, 2.45) is 11.7 Å². The SMILES string of the molecule is CC(C)CC(NC(=O)OCc1ccccc1)C(=O)NN(CCC(N)=O)C(=O)[C@H](F)Cl. The molecule has 0 bridgehead atoms. The van der Waals surface area contributed by atoms with Crippen molar-refractivity contribution in [2.45, 2.75) is 45.0 Å². The molecule has 166 valence electrons. The number of amides is 4. The Balaban J connectivity index is 2.78. The molecule has 0 spiro atoms. The lowest BCUT2D eigenvalue weighted by atomic mass is 10.0. The van der Waals surface area contributed by atoms with Gasteiger partial charge >= 0.3 is 6.09 Å². The molecule has 0 aliphatic rings. The minimum absolute atomic E-state index is 0.00168. The van der Waals surface area contributed by atoms with E-state index in [-0.39, 0.29) is 31.9 Å². The van der Waals surface area contributed by atoms with Gasteiger partial charge < -0.3 is 15.8 Å². The van der Waals surface area contributed by atoms with Crippen LogP contribution < -0.4 is 16.5 Å². The van der Waals surface area contributed by atoms with Crippen molar-refractivity contribution in [3.63, 3.8) is 0 Å². The molecular weight excluding hydrogens is 419 g/mol. The molecule has 11 heteroatoms. The van der Waals surface area contributed by atoms with Gasteiger partial charge in [0.2, 0.25) is 5.91 Å². The maximum atomic E-state index is 13.2. The summed E-state index contributed by atoms with van der Waals surface area (Å²) in [6.45, 7) is 3.27. The molecule has 4 N–H and O–H groups in total. The molecule has 0 saturated heterocycles. The number of carbonyl (C=O) groups is 4. The lowest BCUT2D eigenvalue weighted by Crippen LogP contribution is -2.56. The van der Waals surface area contributed by atoms with Gasteiger partial charge in [-0.05, 0) is 17.9 Å². The first-order chi connectivity index (χ1) is 14.1. The van der Waals surface area contributed by atoms with Crippen LogP contribution in [0.15, 0.2) is 30.3 Å². The van der Waals surface area contributed by atoms with Gasteiger partial charge in [-0.1, -0.05) is 55.8 Å². The molecule has 0 saturated carbocycles. The molecule has 1 aromatic rings. The molecule has 0 radical (unpaired) electrons. The average Bonchev–Trinajstić information content (AvgIpc) is 2.68. The third kappa shape index (κ3) is 9.55. The Kier molecular flexibility index (Phi) is 10.6. The summed E-state index contributed by atoms with van der Waals surface area (Å²) >= 11 is 5.15. The van der Waals surface area contributed by atoms with E-state index in [4.69, 9.17) is 22.1 Å². The van der Waals surface area contributed by atoms with E-state index in [1.165, 1.54) is 0 Å². The third-order valence-corrected chi connectivity index (χ3v) is 3.99. The van der Waals surface area contributed by atoms with Gasteiger partial charge in [0.1, 0.15) is 12.6 Å². The number of primary amides is 1. The van der Waals surface area contributed by atoms with E-state index in [1.54, 1.807) is 24.3 Å². The number of hydrogen-bond donors (Lipinski definition) is 3. The molecule has 9 nitrogen and oxygen atoms in total. The Bertz CT molecular complexity index is 733. The van der Waals surface area contributed by atoms with Crippen molar-refractivity contribution < 1.29 is 28.3 Å². The number of benzene rings is 1. The van der Waals surface area contributed by atoms with Crippen molar-refractivity contribution >= 4 is 35.4 Å². The van der Waals surface area contributed by atoms with Gasteiger partial charge in [0.25, 0.3) is 17.4 Å². The van der Waals surface area contributed by atoms with Crippen molar-refractivity contribution in [1.82, 2.24) is 15.8 Å². The first kappa shape index (κ1) is 25.2. The maximum absolute atomic E-state index is 13.2. The minimum Gasteiger partial charge on any atom is -0.445 e. The number of alkyl halides is 2. The lowest BCUT2D eigenvalue weighted by Gasteiger charge is -2.26. The van der Waals surface area contributed by atoms with Crippen LogP contribution in [0.5, 0.6) is 0 Å². The summed E-state index contributed by atoms with van der Waals surface area (Å²) in [5.41, 5.74) is 5.55. The van der Waals surface area contributed by atoms with Crippen LogP contribution in [0.4, 0.5) is 9.18 Å². The second kappa shape index (κ2) is 12.6. The van der Waals surface area contributed by atoms with Gasteiger partial charge in [0.05, 0.1) is 6.54 Å². The van der Waals surface area contributed by atoms with Crippen LogP contribution in [-0.2, 0) is 25.7 Å².